The lowest BCUT2D eigenvalue weighted by Crippen LogP contribution is -2.24. The minimum atomic E-state index is -0.835. The number of hydrogen-bond donors (Lipinski definition) is 1. The van der Waals surface area contributed by atoms with E-state index in [0.717, 1.165) is 22.9 Å². The second-order valence-electron chi connectivity index (χ2n) is 5.71. The quantitative estimate of drug-likeness (QED) is 0.567. The average Bonchev–Trinajstić information content (AvgIpc) is 3.05. The van der Waals surface area contributed by atoms with Crippen molar-refractivity contribution >= 4 is 22.7 Å². The molecule has 0 aliphatic rings. The molecule has 0 unspecified atom stereocenters. The fourth-order valence-electron chi connectivity index (χ4n) is 2.66. The second kappa shape index (κ2) is 6.71. The van der Waals surface area contributed by atoms with Gasteiger partial charge in [-0.15, -0.1) is 0 Å². The maximum Gasteiger partial charge on any atom is 0.341 e. The van der Waals surface area contributed by atoms with Gasteiger partial charge in [-0.3, -0.25) is 4.79 Å². The first kappa shape index (κ1) is 16.0. The normalized spacial score (nSPS) is 12.1. The van der Waals surface area contributed by atoms with Gasteiger partial charge in [0.1, 0.15) is 0 Å². The summed E-state index contributed by atoms with van der Waals surface area (Å²) < 4.78 is 5.37. The number of ether oxygens (including phenoxy) is 1. The topological polar surface area (TPSA) is 59.2 Å². The minimum Gasteiger partial charge on any atom is -0.451 e. The van der Waals surface area contributed by atoms with E-state index in [1.165, 1.54) is 0 Å². The molecule has 3 aromatic rings. The SMILES string of the molecule is CCc1ccc(C(=O)[C@@H](C)OC(=O)c2c[nH]c3ccccc23)cc1. The molecule has 0 saturated heterocycles. The number of nitrogens with one attached hydrogen (secondary N) is 1. The van der Waals surface area contributed by atoms with Crippen LogP contribution in [0, 0.1) is 0 Å². The van der Waals surface area contributed by atoms with Crippen molar-refractivity contribution in [3.8, 4) is 0 Å². The predicted octanol–water partition coefficient (Wildman–Crippen LogP) is 4.16. The lowest BCUT2D eigenvalue weighted by atomic mass is 10.0. The molecule has 0 saturated carbocycles. The Morgan fingerprint density at radius 2 is 1.79 bits per heavy atom. The van der Waals surface area contributed by atoms with Gasteiger partial charge in [-0.25, -0.2) is 4.79 Å². The van der Waals surface area contributed by atoms with E-state index >= 15 is 0 Å². The Bertz CT molecular complexity index is 877. The van der Waals surface area contributed by atoms with Crippen LogP contribution in [0.4, 0.5) is 0 Å². The zero-order valence-corrected chi connectivity index (χ0v) is 13.7. The van der Waals surface area contributed by atoms with Gasteiger partial charge in [0.25, 0.3) is 0 Å². The van der Waals surface area contributed by atoms with Crippen molar-refractivity contribution < 1.29 is 14.3 Å². The lowest BCUT2D eigenvalue weighted by molar-refractivity contribution is 0.0321. The van der Waals surface area contributed by atoms with Gasteiger partial charge in [-0.05, 0) is 25.0 Å². The van der Waals surface area contributed by atoms with Crippen molar-refractivity contribution in [1.82, 2.24) is 4.98 Å². The zero-order chi connectivity index (χ0) is 17.1. The minimum absolute atomic E-state index is 0.203. The average molecular weight is 321 g/mol. The maximum atomic E-state index is 12.4. The molecule has 0 fully saturated rings. The van der Waals surface area contributed by atoms with E-state index in [1.54, 1.807) is 25.3 Å². The van der Waals surface area contributed by atoms with Crippen LogP contribution in [0.15, 0.2) is 54.7 Å². The van der Waals surface area contributed by atoms with Crippen LogP contribution >= 0.6 is 0 Å². The molecule has 0 bridgehead atoms. The fraction of sp³-hybridized carbons (Fsp3) is 0.200. The Balaban J connectivity index is 1.74. The monoisotopic (exact) mass is 321 g/mol. The summed E-state index contributed by atoms with van der Waals surface area (Å²) >= 11 is 0. The van der Waals surface area contributed by atoms with E-state index < -0.39 is 12.1 Å². The highest BCUT2D eigenvalue weighted by Crippen LogP contribution is 2.19. The third-order valence-corrected chi connectivity index (χ3v) is 4.11. The van der Waals surface area contributed by atoms with E-state index in [-0.39, 0.29) is 5.78 Å². The highest BCUT2D eigenvalue weighted by Gasteiger charge is 2.22. The molecule has 0 aliphatic carbocycles. The van der Waals surface area contributed by atoms with Crippen molar-refractivity contribution in [1.29, 1.82) is 0 Å². The summed E-state index contributed by atoms with van der Waals surface area (Å²) in [5.74, 6) is -0.704. The standard InChI is InChI=1S/C20H19NO3/c1-3-14-8-10-15(11-9-14)19(22)13(2)24-20(23)17-12-21-18-7-5-4-6-16(17)18/h4-13,21H,3H2,1-2H3/t13-/m1/s1. The third kappa shape index (κ3) is 3.08. The van der Waals surface area contributed by atoms with E-state index in [0.29, 0.717) is 11.1 Å². The number of rotatable bonds is 5. The van der Waals surface area contributed by atoms with Gasteiger partial charge in [0, 0.05) is 22.7 Å². The van der Waals surface area contributed by atoms with E-state index in [1.807, 2.05) is 36.4 Å². The Morgan fingerprint density at radius 1 is 1.08 bits per heavy atom. The van der Waals surface area contributed by atoms with E-state index in [9.17, 15) is 9.59 Å². The van der Waals surface area contributed by atoms with Gasteiger partial charge in [0.15, 0.2) is 6.10 Å². The summed E-state index contributed by atoms with van der Waals surface area (Å²) in [5, 5.41) is 0.787. The summed E-state index contributed by atoms with van der Waals surface area (Å²) in [6.45, 7) is 3.66. The van der Waals surface area contributed by atoms with E-state index in [4.69, 9.17) is 4.74 Å². The fourth-order valence-corrected chi connectivity index (χ4v) is 2.66. The number of carbonyl (C=O) groups is 2. The highest BCUT2D eigenvalue weighted by molar-refractivity contribution is 6.06. The molecule has 0 radical (unpaired) electrons. The van der Waals surface area contributed by atoms with Gasteiger partial charge in [0.05, 0.1) is 5.56 Å². The molecule has 122 valence electrons. The Kier molecular flexibility index (Phi) is 4.47. The molecule has 1 atom stereocenters. The number of ketones is 1. The molecule has 3 rings (SSSR count). The molecule has 4 nitrogen and oxygen atoms in total. The zero-order valence-electron chi connectivity index (χ0n) is 13.7. The second-order valence-corrected chi connectivity index (χ2v) is 5.71. The van der Waals surface area contributed by atoms with Crippen LogP contribution in [0.3, 0.4) is 0 Å². The van der Waals surface area contributed by atoms with Crippen molar-refractivity contribution in [3.05, 3.63) is 71.4 Å². The number of fused-ring (bicyclic) bond motifs is 1. The molecular weight excluding hydrogens is 302 g/mol. The molecule has 24 heavy (non-hydrogen) atoms. The molecule has 0 amide bonds. The number of aryl methyl sites for hydroxylation is 1. The first-order valence-corrected chi connectivity index (χ1v) is 8.00. The number of H-pyrrole nitrogens is 1. The van der Waals surface area contributed by atoms with Crippen molar-refractivity contribution in [2.75, 3.05) is 0 Å². The van der Waals surface area contributed by atoms with Crippen LogP contribution in [0.2, 0.25) is 0 Å². The molecule has 2 aromatic carbocycles. The maximum absolute atomic E-state index is 12.4. The Labute approximate surface area is 140 Å². The first-order chi connectivity index (χ1) is 11.6. The van der Waals surface area contributed by atoms with Crippen LogP contribution in [0.1, 0.15) is 40.1 Å². The smallest absolute Gasteiger partial charge is 0.341 e. The third-order valence-electron chi connectivity index (χ3n) is 4.11. The number of para-hydroxylation sites is 1. The van der Waals surface area contributed by atoms with Crippen molar-refractivity contribution in [2.24, 2.45) is 0 Å². The molecule has 0 spiro atoms. The first-order valence-electron chi connectivity index (χ1n) is 8.00. The van der Waals surface area contributed by atoms with Crippen LogP contribution in [-0.4, -0.2) is 22.8 Å². The largest absolute Gasteiger partial charge is 0.451 e. The van der Waals surface area contributed by atoms with Gasteiger partial charge >= 0.3 is 5.97 Å². The number of carbonyl (C=O) groups excluding carboxylic acids is 2. The van der Waals surface area contributed by atoms with Gasteiger partial charge in [0.2, 0.25) is 5.78 Å². The van der Waals surface area contributed by atoms with Crippen LogP contribution in [0.25, 0.3) is 10.9 Å². The molecule has 1 aromatic heterocycles. The number of esters is 1. The van der Waals surface area contributed by atoms with Crippen molar-refractivity contribution in [3.63, 3.8) is 0 Å². The summed E-state index contributed by atoms with van der Waals surface area (Å²) in [6, 6.07) is 14.9. The Hall–Kier alpha value is -2.88. The number of hydrogen-bond acceptors (Lipinski definition) is 3. The van der Waals surface area contributed by atoms with E-state index in [2.05, 4.69) is 11.9 Å². The van der Waals surface area contributed by atoms with Crippen LogP contribution in [-0.2, 0) is 11.2 Å². The van der Waals surface area contributed by atoms with Crippen molar-refractivity contribution in [2.45, 2.75) is 26.4 Å². The molecular formula is C20H19NO3. The van der Waals surface area contributed by atoms with Gasteiger partial charge in [-0.1, -0.05) is 49.4 Å². The predicted molar refractivity (Wildman–Crippen MR) is 93.3 cm³/mol. The van der Waals surface area contributed by atoms with Gasteiger partial charge < -0.3 is 9.72 Å². The summed E-state index contributed by atoms with van der Waals surface area (Å²) in [5.41, 5.74) is 3.01. The molecule has 1 heterocycles. The number of aromatic amines is 1. The summed E-state index contributed by atoms with van der Waals surface area (Å²) in [4.78, 5) is 27.8. The van der Waals surface area contributed by atoms with Crippen LogP contribution < -0.4 is 0 Å². The molecule has 0 aliphatic heterocycles. The van der Waals surface area contributed by atoms with Gasteiger partial charge in [-0.2, -0.15) is 0 Å². The molecule has 4 heteroatoms. The molecule has 1 N–H and O–H groups in total. The lowest BCUT2D eigenvalue weighted by Gasteiger charge is -2.12. The number of benzene rings is 2. The van der Waals surface area contributed by atoms with Crippen LogP contribution in [0.5, 0.6) is 0 Å². The number of aromatic nitrogens is 1. The highest BCUT2D eigenvalue weighted by atomic mass is 16.5. The Morgan fingerprint density at radius 3 is 2.50 bits per heavy atom. The summed E-state index contributed by atoms with van der Waals surface area (Å²) in [6.07, 6.45) is 1.69. The summed E-state index contributed by atoms with van der Waals surface area (Å²) in [7, 11) is 0. The number of Topliss-reactive ketones (excluding diaryl/α,β-unsaturated/α-hetero) is 1.